The number of carbonyl (C=O) groups excluding carboxylic acids is 1. The maximum absolute atomic E-state index is 11.4. The minimum atomic E-state index is 0.0857. The van der Waals surface area contributed by atoms with Crippen LogP contribution in [0.15, 0.2) is 0 Å². The van der Waals surface area contributed by atoms with Crippen molar-refractivity contribution in [2.75, 3.05) is 26.7 Å². The first kappa shape index (κ1) is 13.5. The van der Waals surface area contributed by atoms with Crippen molar-refractivity contribution >= 4 is 5.91 Å². The SMILES string of the molecule is CCN(CC1CCC1)C(CN)CC(=O)NC. The van der Waals surface area contributed by atoms with Gasteiger partial charge in [0, 0.05) is 32.6 Å². The average Bonchev–Trinajstić information content (AvgIpc) is 2.25. The second-order valence-electron chi connectivity index (χ2n) is 4.65. The van der Waals surface area contributed by atoms with Crippen molar-refractivity contribution in [3.05, 3.63) is 0 Å². The Kier molecular flexibility index (Phi) is 5.77. The van der Waals surface area contributed by atoms with E-state index in [1.54, 1.807) is 7.05 Å². The van der Waals surface area contributed by atoms with Crippen LogP contribution >= 0.6 is 0 Å². The molecule has 0 bridgehead atoms. The highest BCUT2D eigenvalue weighted by atomic mass is 16.1. The standard InChI is InChI=1S/C12H25N3O/c1-3-15(9-10-5-4-6-10)11(8-13)7-12(16)14-2/h10-11H,3-9,13H2,1-2H3,(H,14,16). The van der Waals surface area contributed by atoms with Gasteiger partial charge in [-0.2, -0.15) is 0 Å². The summed E-state index contributed by atoms with van der Waals surface area (Å²) < 4.78 is 0. The molecule has 4 heteroatoms. The smallest absolute Gasteiger partial charge is 0.221 e. The first-order valence-corrected chi connectivity index (χ1v) is 6.35. The molecule has 16 heavy (non-hydrogen) atoms. The van der Waals surface area contributed by atoms with Crippen molar-refractivity contribution < 1.29 is 4.79 Å². The second-order valence-corrected chi connectivity index (χ2v) is 4.65. The van der Waals surface area contributed by atoms with E-state index in [0.717, 1.165) is 19.0 Å². The number of nitrogens with two attached hydrogens (primary N) is 1. The van der Waals surface area contributed by atoms with Crippen molar-refractivity contribution in [2.24, 2.45) is 11.7 Å². The molecule has 1 fully saturated rings. The van der Waals surface area contributed by atoms with Crippen molar-refractivity contribution in [2.45, 2.75) is 38.6 Å². The Bertz CT molecular complexity index is 216. The zero-order chi connectivity index (χ0) is 12.0. The van der Waals surface area contributed by atoms with E-state index in [2.05, 4.69) is 17.1 Å². The molecule has 0 radical (unpaired) electrons. The predicted molar refractivity (Wildman–Crippen MR) is 66.1 cm³/mol. The minimum Gasteiger partial charge on any atom is -0.359 e. The van der Waals surface area contributed by atoms with E-state index in [9.17, 15) is 4.79 Å². The quantitative estimate of drug-likeness (QED) is 0.668. The number of nitrogens with one attached hydrogen (secondary N) is 1. The third-order valence-electron chi connectivity index (χ3n) is 3.61. The van der Waals surface area contributed by atoms with Gasteiger partial charge in [-0.25, -0.2) is 0 Å². The lowest BCUT2D eigenvalue weighted by Crippen LogP contribution is -2.46. The van der Waals surface area contributed by atoms with Gasteiger partial charge in [0.15, 0.2) is 0 Å². The van der Waals surface area contributed by atoms with Gasteiger partial charge >= 0.3 is 0 Å². The molecular formula is C12H25N3O. The summed E-state index contributed by atoms with van der Waals surface area (Å²) in [7, 11) is 1.68. The molecule has 1 saturated carbocycles. The molecule has 0 spiro atoms. The lowest BCUT2D eigenvalue weighted by Gasteiger charge is -2.36. The first-order chi connectivity index (χ1) is 7.71. The summed E-state index contributed by atoms with van der Waals surface area (Å²) >= 11 is 0. The Balaban J connectivity index is 2.42. The molecule has 0 aromatic heterocycles. The molecule has 0 aromatic rings. The Labute approximate surface area is 98.6 Å². The highest BCUT2D eigenvalue weighted by Gasteiger charge is 2.24. The Morgan fingerprint density at radius 3 is 2.62 bits per heavy atom. The molecule has 0 aliphatic heterocycles. The van der Waals surface area contributed by atoms with Gasteiger partial charge in [0.2, 0.25) is 5.91 Å². The molecule has 0 saturated heterocycles. The summed E-state index contributed by atoms with van der Waals surface area (Å²) in [5.41, 5.74) is 5.77. The monoisotopic (exact) mass is 227 g/mol. The van der Waals surface area contributed by atoms with Gasteiger partial charge in [-0.05, 0) is 25.3 Å². The van der Waals surface area contributed by atoms with Crippen molar-refractivity contribution in [1.82, 2.24) is 10.2 Å². The summed E-state index contributed by atoms with van der Waals surface area (Å²) in [6.45, 7) is 4.80. The molecule has 1 aliphatic carbocycles. The van der Waals surface area contributed by atoms with Crippen LogP contribution < -0.4 is 11.1 Å². The molecule has 1 atom stereocenters. The number of nitrogens with zero attached hydrogens (tertiary/aromatic N) is 1. The summed E-state index contributed by atoms with van der Waals surface area (Å²) in [5.74, 6) is 0.918. The van der Waals surface area contributed by atoms with Gasteiger partial charge in [-0.15, -0.1) is 0 Å². The van der Waals surface area contributed by atoms with Gasteiger partial charge in [-0.1, -0.05) is 13.3 Å². The summed E-state index contributed by atoms with van der Waals surface area (Å²) in [6, 6.07) is 0.200. The molecule has 1 unspecified atom stereocenters. The zero-order valence-electron chi connectivity index (χ0n) is 10.5. The fourth-order valence-electron chi connectivity index (χ4n) is 2.22. The number of rotatable bonds is 7. The molecule has 1 rings (SSSR count). The fourth-order valence-corrected chi connectivity index (χ4v) is 2.22. The summed E-state index contributed by atoms with van der Waals surface area (Å²) in [6.07, 6.45) is 4.57. The summed E-state index contributed by atoms with van der Waals surface area (Å²) in [4.78, 5) is 13.7. The molecule has 4 nitrogen and oxygen atoms in total. The fraction of sp³-hybridized carbons (Fsp3) is 0.917. The van der Waals surface area contributed by atoms with E-state index in [1.807, 2.05) is 0 Å². The zero-order valence-corrected chi connectivity index (χ0v) is 10.5. The van der Waals surface area contributed by atoms with Gasteiger partial charge < -0.3 is 11.1 Å². The molecule has 1 amide bonds. The van der Waals surface area contributed by atoms with Crippen LogP contribution in [0.2, 0.25) is 0 Å². The minimum absolute atomic E-state index is 0.0857. The largest absolute Gasteiger partial charge is 0.359 e. The van der Waals surface area contributed by atoms with E-state index in [4.69, 9.17) is 5.73 Å². The molecule has 94 valence electrons. The Morgan fingerprint density at radius 1 is 1.56 bits per heavy atom. The van der Waals surface area contributed by atoms with Crippen molar-refractivity contribution in [3.63, 3.8) is 0 Å². The van der Waals surface area contributed by atoms with Crippen LogP contribution in [0.4, 0.5) is 0 Å². The van der Waals surface area contributed by atoms with Crippen LogP contribution in [0, 0.1) is 5.92 Å². The number of hydrogen-bond donors (Lipinski definition) is 2. The van der Waals surface area contributed by atoms with Gasteiger partial charge in [0.25, 0.3) is 0 Å². The normalized spacial score (nSPS) is 18.2. The van der Waals surface area contributed by atoms with Gasteiger partial charge in [0.05, 0.1) is 0 Å². The lowest BCUT2D eigenvalue weighted by atomic mass is 9.84. The highest BCUT2D eigenvalue weighted by Crippen LogP contribution is 2.27. The van der Waals surface area contributed by atoms with Crippen LogP contribution in [0.3, 0.4) is 0 Å². The van der Waals surface area contributed by atoms with E-state index in [-0.39, 0.29) is 11.9 Å². The van der Waals surface area contributed by atoms with Crippen LogP contribution in [-0.2, 0) is 4.79 Å². The molecule has 1 aliphatic rings. The van der Waals surface area contributed by atoms with Crippen LogP contribution in [0.25, 0.3) is 0 Å². The van der Waals surface area contributed by atoms with Crippen LogP contribution in [0.5, 0.6) is 0 Å². The molecule has 0 aromatic carbocycles. The number of likely N-dealkylation sites (N-methyl/N-ethyl adjacent to an activating group) is 1. The Hall–Kier alpha value is -0.610. The first-order valence-electron chi connectivity index (χ1n) is 6.35. The van der Waals surface area contributed by atoms with Crippen molar-refractivity contribution in [1.29, 1.82) is 0 Å². The lowest BCUT2D eigenvalue weighted by molar-refractivity contribution is -0.121. The van der Waals surface area contributed by atoms with Crippen LogP contribution in [-0.4, -0.2) is 43.5 Å². The molecule has 3 N–H and O–H groups in total. The predicted octanol–water partition coefficient (Wildman–Crippen LogP) is 0.572. The average molecular weight is 227 g/mol. The third kappa shape index (κ3) is 3.76. The second kappa shape index (κ2) is 6.86. The van der Waals surface area contributed by atoms with Gasteiger partial charge in [-0.3, -0.25) is 9.69 Å². The Morgan fingerprint density at radius 2 is 2.25 bits per heavy atom. The van der Waals surface area contributed by atoms with E-state index in [0.29, 0.717) is 13.0 Å². The maximum Gasteiger partial charge on any atom is 0.221 e. The number of carbonyl (C=O) groups is 1. The van der Waals surface area contributed by atoms with Gasteiger partial charge in [0.1, 0.15) is 0 Å². The molecule has 0 heterocycles. The van der Waals surface area contributed by atoms with Crippen LogP contribution in [0.1, 0.15) is 32.6 Å². The topological polar surface area (TPSA) is 58.4 Å². The highest BCUT2D eigenvalue weighted by molar-refractivity contribution is 5.76. The number of amides is 1. The van der Waals surface area contributed by atoms with E-state index in [1.165, 1.54) is 19.3 Å². The third-order valence-corrected chi connectivity index (χ3v) is 3.61. The maximum atomic E-state index is 11.4. The summed E-state index contributed by atoms with van der Waals surface area (Å²) in [5, 5.41) is 2.67. The molecular weight excluding hydrogens is 202 g/mol. The van der Waals surface area contributed by atoms with E-state index >= 15 is 0 Å². The number of hydrogen-bond acceptors (Lipinski definition) is 3. The van der Waals surface area contributed by atoms with E-state index < -0.39 is 0 Å². The van der Waals surface area contributed by atoms with Crippen molar-refractivity contribution in [3.8, 4) is 0 Å².